The van der Waals surface area contributed by atoms with Gasteiger partial charge >= 0.3 is 0 Å². The van der Waals surface area contributed by atoms with Gasteiger partial charge < -0.3 is 5.11 Å². The van der Waals surface area contributed by atoms with E-state index in [0.717, 1.165) is 11.1 Å². The van der Waals surface area contributed by atoms with Crippen molar-refractivity contribution in [2.45, 2.75) is 6.92 Å². The fourth-order valence-corrected chi connectivity index (χ4v) is 1.69. The minimum absolute atomic E-state index is 0.0456. The molecule has 0 saturated heterocycles. The molecule has 0 fully saturated rings. The minimum atomic E-state index is -0.228. The van der Waals surface area contributed by atoms with Gasteiger partial charge in [0.1, 0.15) is 11.6 Å². The summed E-state index contributed by atoms with van der Waals surface area (Å²) < 4.78 is 13.1. The summed E-state index contributed by atoms with van der Waals surface area (Å²) in [5, 5.41) is 9.59. The Balaban J connectivity index is 2.50. The Morgan fingerprint density at radius 2 is 1.69 bits per heavy atom. The Hall–Kier alpha value is -1.54. The van der Waals surface area contributed by atoms with E-state index in [4.69, 9.17) is 11.6 Å². The summed E-state index contributed by atoms with van der Waals surface area (Å²) in [6.45, 7) is 1.71. The average Bonchev–Trinajstić information content (AvgIpc) is 2.26. The largest absolute Gasteiger partial charge is 0.506 e. The molecule has 0 aliphatic rings. The second-order valence-corrected chi connectivity index (χ2v) is 4.04. The van der Waals surface area contributed by atoms with E-state index in [2.05, 4.69) is 0 Å². The number of phenolic OH excluding ortho intramolecular Hbond substituents is 1. The molecule has 0 bridgehead atoms. The number of aryl methyl sites for hydroxylation is 1. The molecular formula is C13H10ClFO. The summed E-state index contributed by atoms with van der Waals surface area (Å²) in [6.07, 6.45) is 0. The van der Waals surface area contributed by atoms with Crippen molar-refractivity contribution in [2.75, 3.05) is 0 Å². The molecule has 0 aliphatic heterocycles. The molecule has 0 unspecified atom stereocenters. The molecule has 1 nitrogen and oxygen atoms in total. The summed E-state index contributed by atoms with van der Waals surface area (Å²) in [4.78, 5) is 0. The van der Waals surface area contributed by atoms with Gasteiger partial charge in [-0.15, -0.1) is 0 Å². The van der Waals surface area contributed by atoms with E-state index in [1.165, 1.54) is 12.1 Å². The van der Waals surface area contributed by atoms with Gasteiger partial charge in [0, 0.05) is 0 Å². The molecule has 2 rings (SSSR count). The lowest BCUT2D eigenvalue weighted by Gasteiger charge is -2.05. The number of hydrogen-bond donors (Lipinski definition) is 1. The van der Waals surface area contributed by atoms with Crippen LogP contribution in [0.4, 0.5) is 4.39 Å². The Kier molecular flexibility index (Phi) is 2.84. The number of aromatic hydroxyl groups is 1. The Bertz CT molecular complexity index is 488. The molecule has 1 N–H and O–H groups in total. The fourth-order valence-electron chi connectivity index (χ4n) is 1.51. The van der Waals surface area contributed by atoms with Gasteiger partial charge in [-0.3, -0.25) is 0 Å². The third-order valence-corrected chi connectivity index (χ3v) is 2.74. The molecule has 0 atom stereocenters. The molecule has 2 aromatic carbocycles. The highest BCUT2D eigenvalue weighted by Crippen LogP contribution is 2.29. The summed E-state index contributed by atoms with van der Waals surface area (Å²) in [7, 11) is 0. The second-order valence-electron chi connectivity index (χ2n) is 3.63. The van der Waals surface area contributed by atoms with E-state index in [0.29, 0.717) is 10.6 Å². The average molecular weight is 237 g/mol. The number of halogens is 2. The van der Waals surface area contributed by atoms with Gasteiger partial charge in [-0.25, -0.2) is 4.39 Å². The van der Waals surface area contributed by atoms with Crippen molar-refractivity contribution in [3.8, 4) is 16.9 Å². The van der Waals surface area contributed by atoms with E-state index < -0.39 is 0 Å². The molecule has 0 aliphatic carbocycles. The minimum Gasteiger partial charge on any atom is -0.506 e. The van der Waals surface area contributed by atoms with Crippen LogP contribution in [-0.4, -0.2) is 5.11 Å². The van der Waals surface area contributed by atoms with Crippen molar-refractivity contribution in [1.29, 1.82) is 0 Å². The second kappa shape index (κ2) is 4.14. The predicted molar refractivity (Wildman–Crippen MR) is 63.2 cm³/mol. The first-order valence-electron chi connectivity index (χ1n) is 4.83. The van der Waals surface area contributed by atoms with Crippen LogP contribution in [0.5, 0.6) is 5.75 Å². The highest BCUT2D eigenvalue weighted by Gasteiger charge is 2.04. The van der Waals surface area contributed by atoms with Gasteiger partial charge in [-0.2, -0.15) is 0 Å². The van der Waals surface area contributed by atoms with Gasteiger partial charge in [0.25, 0.3) is 0 Å². The maximum Gasteiger partial charge on any atom is 0.134 e. The lowest BCUT2D eigenvalue weighted by atomic mass is 10.0. The normalized spacial score (nSPS) is 10.4. The zero-order chi connectivity index (χ0) is 11.7. The molecule has 0 aromatic heterocycles. The van der Waals surface area contributed by atoms with Gasteiger partial charge in [0.05, 0.1) is 5.02 Å². The molecule has 0 amide bonds. The summed E-state index contributed by atoms with van der Waals surface area (Å²) in [5.74, 6) is -0.183. The Morgan fingerprint density at radius 3 is 2.31 bits per heavy atom. The maximum atomic E-state index is 13.1. The number of benzene rings is 2. The molecule has 82 valence electrons. The molecule has 16 heavy (non-hydrogen) atoms. The lowest BCUT2D eigenvalue weighted by Crippen LogP contribution is -1.84. The number of hydrogen-bond acceptors (Lipinski definition) is 1. The van der Waals surface area contributed by atoms with Crippen LogP contribution in [0.25, 0.3) is 11.1 Å². The zero-order valence-corrected chi connectivity index (χ0v) is 9.42. The first-order chi connectivity index (χ1) is 7.58. The Labute approximate surface area is 98.1 Å². The van der Waals surface area contributed by atoms with Gasteiger partial charge in [-0.05, 0) is 47.9 Å². The molecule has 2 aromatic rings. The van der Waals surface area contributed by atoms with Gasteiger partial charge in [0.15, 0.2) is 0 Å². The summed E-state index contributed by atoms with van der Waals surface area (Å²) in [6, 6.07) is 9.78. The first kappa shape index (κ1) is 11.0. The third kappa shape index (κ3) is 2.02. The van der Waals surface area contributed by atoms with Crippen LogP contribution < -0.4 is 0 Å². The van der Waals surface area contributed by atoms with E-state index in [-0.39, 0.29) is 11.6 Å². The topological polar surface area (TPSA) is 20.2 Å². The van der Waals surface area contributed by atoms with E-state index in [1.54, 1.807) is 31.2 Å². The van der Waals surface area contributed by atoms with Crippen LogP contribution in [0.1, 0.15) is 5.56 Å². The highest BCUT2D eigenvalue weighted by atomic mass is 35.5. The smallest absolute Gasteiger partial charge is 0.134 e. The van der Waals surface area contributed by atoms with Crippen LogP contribution in [0.3, 0.4) is 0 Å². The van der Waals surface area contributed by atoms with Crippen LogP contribution in [0.15, 0.2) is 36.4 Å². The van der Waals surface area contributed by atoms with E-state index >= 15 is 0 Å². The zero-order valence-electron chi connectivity index (χ0n) is 8.67. The van der Waals surface area contributed by atoms with Gasteiger partial charge in [0.2, 0.25) is 0 Å². The maximum absolute atomic E-state index is 13.1. The van der Waals surface area contributed by atoms with Crippen LogP contribution in [-0.2, 0) is 0 Å². The molecule has 0 saturated carbocycles. The summed E-state index contributed by atoms with van der Waals surface area (Å²) in [5.41, 5.74) is 2.31. The lowest BCUT2D eigenvalue weighted by molar-refractivity contribution is 0.475. The molecule has 0 spiro atoms. The quantitative estimate of drug-likeness (QED) is 0.788. The van der Waals surface area contributed by atoms with Crippen molar-refractivity contribution in [2.24, 2.45) is 0 Å². The van der Waals surface area contributed by atoms with Crippen molar-refractivity contribution < 1.29 is 9.50 Å². The fraction of sp³-hybridized carbons (Fsp3) is 0.0769. The standard InChI is InChI=1S/C13H10ClFO/c1-8-6-9(2-4-12(8)15)10-3-5-13(16)11(14)7-10/h2-7,16H,1H3. The van der Waals surface area contributed by atoms with E-state index in [1.807, 2.05) is 0 Å². The van der Waals surface area contributed by atoms with Crippen LogP contribution in [0, 0.1) is 12.7 Å². The molecule has 0 heterocycles. The number of phenols is 1. The molecule has 3 heteroatoms. The third-order valence-electron chi connectivity index (χ3n) is 2.44. The molecular weight excluding hydrogens is 227 g/mol. The Morgan fingerprint density at radius 1 is 1.06 bits per heavy atom. The molecule has 0 radical (unpaired) electrons. The monoisotopic (exact) mass is 236 g/mol. The number of rotatable bonds is 1. The van der Waals surface area contributed by atoms with Crippen molar-refractivity contribution in [3.63, 3.8) is 0 Å². The van der Waals surface area contributed by atoms with E-state index in [9.17, 15) is 9.50 Å². The van der Waals surface area contributed by atoms with Gasteiger partial charge in [-0.1, -0.05) is 23.7 Å². The van der Waals surface area contributed by atoms with Crippen molar-refractivity contribution in [3.05, 3.63) is 52.8 Å². The van der Waals surface area contributed by atoms with Crippen molar-refractivity contribution in [1.82, 2.24) is 0 Å². The summed E-state index contributed by atoms with van der Waals surface area (Å²) >= 11 is 5.81. The first-order valence-corrected chi connectivity index (χ1v) is 5.21. The predicted octanol–water partition coefficient (Wildman–Crippen LogP) is 4.16. The van der Waals surface area contributed by atoms with Crippen molar-refractivity contribution >= 4 is 11.6 Å². The van der Waals surface area contributed by atoms with Crippen LogP contribution in [0.2, 0.25) is 5.02 Å². The highest BCUT2D eigenvalue weighted by molar-refractivity contribution is 6.32. The SMILES string of the molecule is Cc1cc(-c2ccc(O)c(Cl)c2)ccc1F. The van der Waals surface area contributed by atoms with Crippen LogP contribution >= 0.6 is 11.6 Å².